The molecule has 0 heterocycles. The first-order chi connectivity index (χ1) is 11.8. The Morgan fingerprint density at radius 3 is 2.36 bits per heavy atom. The number of benzene rings is 2. The molecule has 0 saturated heterocycles. The number of nitrogens with zero attached hydrogens (tertiary/aromatic N) is 1. The van der Waals surface area contributed by atoms with Crippen molar-refractivity contribution in [2.75, 3.05) is 17.7 Å². The molecule has 0 aromatic heterocycles. The minimum atomic E-state index is -3.52. The number of hydrogen-bond donors (Lipinski definition) is 0. The van der Waals surface area contributed by atoms with Crippen LogP contribution in [0, 0.1) is 0 Å². The quantitative estimate of drug-likeness (QED) is 0.707. The molecule has 0 fully saturated rings. The molecular weight excluding hydrogens is 342 g/mol. The van der Waals surface area contributed by atoms with E-state index in [1.54, 1.807) is 24.3 Å². The van der Waals surface area contributed by atoms with Gasteiger partial charge in [-0.3, -0.25) is 9.10 Å². The molecule has 6 nitrogen and oxygen atoms in total. The molecule has 0 N–H and O–H groups in total. The molecule has 0 unspecified atom stereocenters. The van der Waals surface area contributed by atoms with Crippen LogP contribution < -0.4 is 9.04 Å². The van der Waals surface area contributed by atoms with Gasteiger partial charge >= 0.3 is 5.97 Å². The van der Waals surface area contributed by atoms with E-state index in [0.29, 0.717) is 11.4 Å². The van der Waals surface area contributed by atoms with Crippen LogP contribution in [-0.4, -0.2) is 27.8 Å². The van der Waals surface area contributed by atoms with Crippen molar-refractivity contribution in [3.05, 3.63) is 59.7 Å². The normalized spacial score (nSPS) is 11.0. The summed E-state index contributed by atoms with van der Waals surface area (Å²) in [5, 5.41) is 0. The summed E-state index contributed by atoms with van der Waals surface area (Å²) in [6.07, 6.45) is 1.15. The topological polar surface area (TPSA) is 72.9 Å². The largest absolute Gasteiger partial charge is 0.497 e. The van der Waals surface area contributed by atoms with Crippen molar-refractivity contribution < 1.29 is 22.7 Å². The van der Waals surface area contributed by atoms with Gasteiger partial charge in [-0.15, -0.1) is 0 Å². The molecule has 0 aliphatic heterocycles. The standard InChI is InChI=1S/C18H21NO5S/c1-14(20)24-13-16-8-5-4-7-15(16)12-19(25(3,21)22)17-9-6-10-18(11-17)23-2/h4-11H,12-13H2,1-3H3. The number of rotatable bonds is 7. The third-order valence-corrected chi connectivity index (χ3v) is 4.75. The monoisotopic (exact) mass is 363 g/mol. The van der Waals surface area contributed by atoms with Gasteiger partial charge in [0.15, 0.2) is 0 Å². The van der Waals surface area contributed by atoms with Crippen LogP contribution in [0.3, 0.4) is 0 Å². The fraction of sp³-hybridized carbons (Fsp3) is 0.278. The summed E-state index contributed by atoms with van der Waals surface area (Å²) in [7, 11) is -1.99. The van der Waals surface area contributed by atoms with Gasteiger partial charge in [0.2, 0.25) is 10.0 Å². The van der Waals surface area contributed by atoms with Crippen molar-refractivity contribution in [3.63, 3.8) is 0 Å². The van der Waals surface area contributed by atoms with Crippen LogP contribution in [0.15, 0.2) is 48.5 Å². The SMILES string of the molecule is COc1cccc(N(Cc2ccccc2COC(C)=O)S(C)(=O)=O)c1. The predicted octanol–water partition coefficient (Wildman–Crippen LogP) is 2.72. The summed E-state index contributed by atoms with van der Waals surface area (Å²) in [5.41, 5.74) is 2.02. The summed E-state index contributed by atoms with van der Waals surface area (Å²) in [5.74, 6) is 0.182. The van der Waals surface area contributed by atoms with Crippen LogP contribution in [0.25, 0.3) is 0 Å². The number of carbonyl (C=O) groups is 1. The second kappa shape index (κ2) is 8.02. The zero-order chi connectivity index (χ0) is 18.4. The lowest BCUT2D eigenvalue weighted by Gasteiger charge is -2.24. The number of anilines is 1. The zero-order valence-corrected chi connectivity index (χ0v) is 15.2. The molecule has 2 aromatic rings. The summed E-state index contributed by atoms with van der Waals surface area (Å²) in [6.45, 7) is 1.56. The molecule has 0 atom stereocenters. The summed E-state index contributed by atoms with van der Waals surface area (Å²) >= 11 is 0. The Bertz CT molecular complexity index is 848. The van der Waals surface area contributed by atoms with E-state index in [4.69, 9.17) is 9.47 Å². The first kappa shape index (κ1) is 18.8. The fourth-order valence-corrected chi connectivity index (χ4v) is 3.22. The van der Waals surface area contributed by atoms with Crippen LogP contribution in [0.4, 0.5) is 5.69 Å². The van der Waals surface area contributed by atoms with E-state index in [-0.39, 0.29) is 19.1 Å². The van der Waals surface area contributed by atoms with Crippen LogP contribution in [0.5, 0.6) is 5.75 Å². The predicted molar refractivity (Wildman–Crippen MR) is 95.9 cm³/mol. The Morgan fingerprint density at radius 1 is 1.08 bits per heavy atom. The Hall–Kier alpha value is -2.54. The molecule has 0 radical (unpaired) electrons. The van der Waals surface area contributed by atoms with Gasteiger partial charge in [-0.2, -0.15) is 0 Å². The van der Waals surface area contributed by atoms with Crippen molar-refractivity contribution in [2.45, 2.75) is 20.1 Å². The maximum Gasteiger partial charge on any atom is 0.302 e. The minimum absolute atomic E-state index is 0.0984. The van der Waals surface area contributed by atoms with Crippen LogP contribution in [-0.2, 0) is 32.7 Å². The second-order valence-corrected chi connectivity index (χ2v) is 7.43. The molecule has 0 amide bonds. The highest BCUT2D eigenvalue weighted by molar-refractivity contribution is 7.92. The third kappa shape index (κ3) is 5.22. The minimum Gasteiger partial charge on any atom is -0.497 e. The lowest BCUT2D eigenvalue weighted by molar-refractivity contribution is -0.142. The highest BCUT2D eigenvalue weighted by Crippen LogP contribution is 2.26. The Morgan fingerprint density at radius 2 is 1.76 bits per heavy atom. The average molecular weight is 363 g/mol. The van der Waals surface area contributed by atoms with E-state index in [1.165, 1.54) is 18.3 Å². The molecule has 0 bridgehead atoms. The number of hydrogen-bond acceptors (Lipinski definition) is 5. The molecule has 0 spiro atoms. The second-order valence-electron chi connectivity index (χ2n) is 5.52. The highest BCUT2D eigenvalue weighted by Gasteiger charge is 2.20. The van der Waals surface area contributed by atoms with E-state index in [1.807, 2.05) is 24.3 Å². The maximum atomic E-state index is 12.3. The molecule has 2 aromatic carbocycles. The average Bonchev–Trinajstić information content (AvgIpc) is 2.57. The van der Waals surface area contributed by atoms with E-state index < -0.39 is 10.0 Å². The van der Waals surface area contributed by atoms with E-state index in [9.17, 15) is 13.2 Å². The molecule has 25 heavy (non-hydrogen) atoms. The summed E-state index contributed by atoms with van der Waals surface area (Å²) in [6, 6.07) is 14.1. The van der Waals surface area contributed by atoms with E-state index in [0.717, 1.165) is 17.4 Å². The number of ether oxygens (including phenoxy) is 2. The number of sulfonamides is 1. The van der Waals surface area contributed by atoms with Gasteiger partial charge < -0.3 is 9.47 Å². The number of carbonyl (C=O) groups excluding carboxylic acids is 1. The van der Waals surface area contributed by atoms with Crippen molar-refractivity contribution >= 4 is 21.7 Å². The lowest BCUT2D eigenvalue weighted by atomic mass is 10.1. The first-order valence-electron chi connectivity index (χ1n) is 7.63. The lowest BCUT2D eigenvalue weighted by Crippen LogP contribution is -2.29. The van der Waals surface area contributed by atoms with Gasteiger partial charge in [0.05, 0.1) is 25.6 Å². The third-order valence-electron chi connectivity index (χ3n) is 3.60. The highest BCUT2D eigenvalue weighted by atomic mass is 32.2. The van der Waals surface area contributed by atoms with Crippen LogP contribution in [0.2, 0.25) is 0 Å². The fourth-order valence-electron chi connectivity index (χ4n) is 2.35. The van der Waals surface area contributed by atoms with Gasteiger partial charge in [0.1, 0.15) is 12.4 Å². The van der Waals surface area contributed by atoms with Crippen LogP contribution >= 0.6 is 0 Å². The Labute approximate surface area is 148 Å². The molecule has 134 valence electrons. The molecule has 0 aliphatic rings. The van der Waals surface area contributed by atoms with Crippen molar-refractivity contribution in [1.29, 1.82) is 0 Å². The molecule has 0 saturated carbocycles. The summed E-state index contributed by atoms with van der Waals surface area (Å²) in [4.78, 5) is 11.1. The molecular formula is C18H21NO5S. The van der Waals surface area contributed by atoms with Gasteiger partial charge in [0.25, 0.3) is 0 Å². The van der Waals surface area contributed by atoms with Crippen LogP contribution in [0.1, 0.15) is 18.1 Å². The van der Waals surface area contributed by atoms with Gasteiger partial charge in [-0.05, 0) is 23.3 Å². The van der Waals surface area contributed by atoms with Crippen molar-refractivity contribution in [2.24, 2.45) is 0 Å². The van der Waals surface area contributed by atoms with Gasteiger partial charge in [-0.1, -0.05) is 30.3 Å². The first-order valence-corrected chi connectivity index (χ1v) is 9.48. The van der Waals surface area contributed by atoms with Gasteiger partial charge in [0, 0.05) is 13.0 Å². The maximum absolute atomic E-state index is 12.3. The van der Waals surface area contributed by atoms with Gasteiger partial charge in [-0.25, -0.2) is 8.42 Å². The Balaban J connectivity index is 2.37. The Kier molecular flexibility index (Phi) is 6.03. The molecule has 0 aliphatic carbocycles. The smallest absolute Gasteiger partial charge is 0.302 e. The molecule has 2 rings (SSSR count). The van der Waals surface area contributed by atoms with Crippen molar-refractivity contribution in [1.82, 2.24) is 0 Å². The van der Waals surface area contributed by atoms with Crippen molar-refractivity contribution in [3.8, 4) is 5.75 Å². The van der Waals surface area contributed by atoms with E-state index in [2.05, 4.69) is 0 Å². The van der Waals surface area contributed by atoms with E-state index >= 15 is 0 Å². The molecule has 7 heteroatoms. The zero-order valence-electron chi connectivity index (χ0n) is 14.4. The number of methoxy groups -OCH3 is 1. The summed E-state index contributed by atoms with van der Waals surface area (Å²) < 4.78 is 36.1. The number of esters is 1.